The Bertz CT molecular complexity index is 733. The second kappa shape index (κ2) is 8.37. The molecule has 2 aromatic carbocycles. The van der Waals surface area contributed by atoms with Gasteiger partial charge in [-0.25, -0.2) is 4.39 Å². The zero-order valence-electron chi connectivity index (χ0n) is 14.1. The number of hydrogen-bond acceptors (Lipinski definition) is 3. The fourth-order valence-corrected chi connectivity index (χ4v) is 3.71. The summed E-state index contributed by atoms with van der Waals surface area (Å²) >= 11 is 12.7. The van der Waals surface area contributed by atoms with Crippen molar-refractivity contribution in [1.29, 1.82) is 0 Å². The quantitative estimate of drug-likeness (QED) is 0.840. The van der Waals surface area contributed by atoms with Crippen LogP contribution < -0.4 is 10.1 Å². The summed E-state index contributed by atoms with van der Waals surface area (Å²) in [6.45, 7) is 3.60. The van der Waals surface area contributed by atoms with E-state index in [0.29, 0.717) is 10.0 Å². The predicted octanol–water partition coefficient (Wildman–Crippen LogP) is 4.53. The first kappa shape index (κ1) is 18.5. The molecule has 1 aliphatic heterocycles. The highest BCUT2D eigenvalue weighted by Gasteiger charge is 2.26. The summed E-state index contributed by atoms with van der Waals surface area (Å²) in [7, 11) is 1.46. The van der Waals surface area contributed by atoms with Crippen LogP contribution in [0.25, 0.3) is 0 Å². The number of ether oxygens (including phenoxy) is 1. The summed E-state index contributed by atoms with van der Waals surface area (Å²) in [5.41, 5.74) is 1.73. The van der Waals surface area contributed by atoms with Gasteiger partial charge in [0, 0.05) is 19.6 Å². The molecule has 1 saturated heterocycles. The monoisotopic (exact) mass is 382 g/mol. The molecular formula is C19H21Cl2FN2O. The summed E-state index contributed by atoms with van der Waals surface area (Å²) in [5, 5.41) is 4.42. The average molecular weight is 383 g/mol. The van der Waals surface area contributed by atoms with Gasteiger partial charge in [-0.2, -0.15) is 0 Å². The largest absolute Gasteiger partial charge is 0.494 e. The molecule has 3 nitrogen and oxygen atoms in total. The van der Waals surface area contributed by atoms with Crippen molar-refractivity contribution < 1.29 is 9.13 Å². The van der Waals surface area contributed by atoms with E-state index >= 15 is 0 Å². The van der Waals surface area contributed by atoms with Crippen LogP contribution in [-0.2, 0) is 0 Å². The lowest BCUT2D eigenvalue weighted by Gasteiger charge is -2.32. The first-order valence-electron chi connectivity index (χ1n) is 8.34. The van der Waals surface area contributed by atoms with Gasteiger partial charge in [0.15, 0.2) is 11.6 Å². The first-order chi connectivity index (χ1) is 12.1. The third kappa shape index (κ3) is 4.09. The zero-order valence-corrected chi connectivity index (χ0v) is 15.6. The Balaban J connectivity index is 2.08. The van der Waals surface area contributed by atoms with Gasteiger partial charge in [-0.3, -0.25) is 4.90 Å². The Labute approximate surface area is 157 Å². The Morgan fingerprint density at radius 2 is 2.00 bits per heavy atom. The smallest absolute Gasteiger partial charge is 0.165 e. The van der Waals surface area contributed by atoms with Crippen LogP contribution >= 0.6 is 23.2 Å². The van der Waals surface area contributed by atoms with Crippen LogP contribution in [0, 0.1) is 5.82 Å². The van der Waals surface area contributed by atoms with Crippen LogP contribution in [0.5, 0.6) is 5.75 Å². The summed E-state index contributed by atoms with van der Waals surface area (Å²) in [4.78, 5) is 2.32. The van der Waals surface area contributed by atoms with Crippen molar-refractivity contribution in [3.8, 4) is 5.75 Å². The molecule has 2 aromatic rings. The Morgan fingerprint density at radius 3 is 2.76 bits per heavy atom. The van der Waals surface area contributed by atoms with Crippen LogP contribution in [0.4, 0.5) is 4.39 Å². The van der Waals surface area contributed by atoms with E-state index in [2.05, 4.69) is 10.2 Å². The molecule has 0 aromatic heterocycles. The molecule has 0 radical (unpaired) electrons. The van der Waals surface area contributed by atoms with Crippen molar-refractivity contribution in [3.05, 3.63) is 63.4 Å². The van der Waals surface area contributed by atoms with E-state index < -0.39 is 0 Å². The van der Waals surface area contributed by atoms with Crippen LogP contribution in [0.15, 0.2) is 36.4 Å². The molecule has 1 fully saturated rings. The summed E-state index contributed by atoms with van der Waals surface area (Å²) < 4.78 is 19.4. The maximum atomic E-state index is 14.3. The lowest BCUT2D eigenvalue weighted by molar-refractivity contribution is 0.240. The summed E-state index contributed by atoms with van der Waals surface area (Å²) in [5.74, 6) is -0.145. The van der Waals surface area contributed by atoms with Crippen molar-refractivity contribution in [2.75, 3.05) is 33.3 Å². The molecule has 1 heterocycles. The van der Waals surface area contributed by atoms with Gasteiger partial charge in [-0.15, -0.1) is 0 Å². The van der Waals surface area contributed by atoms with E-state index in [4.69, 9.17) is 27.9 Å². The van der Waals surface area contributed by atoms with Gasteiger partial charge in [0.25, 0.3) is 0 Å². The minimum absolute atomic E-state index is 0.161. The number of nitrogens with zero attached hydrogens (tertiary/aromatic N) is 1. The fourth-order valence-electron chi connectivity index (χ4n) is 3.30. The SMILES string of the molecule is COc1ccc(C(c2cccc(Cl)c2Cl)N2CCCNCC2)cc1F. The molecule has 25 heavy (non-hydrogen) atoms. The van der Waals surface area contributed by atoms with Crippen molar-refractivity contribution in [2.45, 2.75) is 12.5 Å². The third-order valence-corrected chi connectivity index (χ3v) is 5.34. The second-order valence-corrected chi connectivity index (χ2v) is 6.86. The summed E-state index contributed by atoms with van der Waals surface area (Å²) in [6.07, 6.45) is 1.02. The van der Waals surface area contributed by atoms with Gasteiger partial charge < -0.3 is 10.1 Å². The van der Waals surface area contributed by atoms with Crippen LogP contribution in [0.1, 0.15) is 23.6 Å². The topological polar surface area (TPSA) is 24.5 Å². The fraction of sp³-hybridized carbons (Fsp3) is 0.368. The molecule has 0 amide bonds. The predicted molar refractivity (Wildman–Crippen MR) is 100 cm³/mol. The first-order valence-corrected chi connectivity index (χ1v) is 9.09. The van der Waals surface area contributed by atoms with Crippen molar-refractivity contribution in [1.82, 2.24) is 10.2 Å². The molecule has 1 aliphatic rings. The highest BCUT2D eigenvalue weighted by molar-refractivity contribution is 6.42. The van der Waals surface area contributed by atoms with Crippen LogP contribution in [0.2, 0.25) is 10.0 Å². The van der Waals surface area contributed by atoms with E-state index in [0.717, 1.165) is 43.7 Å². The standard InChI is InChI=1S/C19H21Cl2FN2O/c1-25-17-7-6-13(12-16(17)22)19(24-10-3-8-23-9-11-24)14-4-2-5-15(20)18(14)21/h2,4-7,12,19,23H,3,8-11H2,1H3. The van der Waals surface area contributed by atoms with Gasteiger partial charge in [-0.1, -0.05) is 41.4 Å². The van der Waals surface area contributed by atoms with E-state index in [9.17, 15) is 4.39 Å². The Morgan fingerprint density at radius 1 is 1.16 bits per heavy atom. The third-order valence-electron chi connectivity index (χ3n) is 4.51. The molecule has 0 spiro atoms. The van der Waals surface area contributed by atoms with Gasteiger partial charge in [0.05, 0.1) is 23.2 Å². The van der Waals surface area contributed by atoms with Crippen molar-refractivity contribution in [3.63, 3.8) is 0 Å². The van der Waals surface area contributed by atoms with Gasteiger partial charge in [-0.05, 0) is 42.3 Å². The Kier molecular flexibility index (Phi) is 6.18. The average Bonchev–Trinajstić information content (AvgIpc) is 2.88. The molecule has 6 heteroatoms. The molecule has 1 atom stereocenters. The molecular weight excluding hydrogens is 362 g/mol. The number of methoxy groups -OCH3 is 1. The number of hydrogen-bond donors (Lipinski definition) is 1. The molecule has 3 rings (SSSR count). The highest BCUT2D eigenvalue weighted by atomic mass is 35.5. The highest BCUT2D eigenvalue weighted by Crippen LogP contribution is 2.38. The molecule has 1 unspecified atom stereocenters. The van der Waals surface area contributed by atoms with Crippen LogP contribution in [0.3, 0.4) is 0 Å². The van der Waals surface area contributed by atoms with Crippen molar-refractivity contribution >= 4 is 23.2 Å². The van der Waals surface area contributed by atoms with Crippen LogP contribution in [-0.4, -0.2) is 38.2 Å². The number of halogens is 3. The normalized spacial score (nSPS) is 17.1. The van der Waals surface area contributed by atoms with Gasteiger partial charge >= 0.3 is 0 Å². The van der Waals surface area contributed by atoms with E-state index in [1.54, 1.807) is 12.1 Å². The van der Waals surface area contributed by atoms with Gasteiger partial charge in [0.1, 0.15) is 0 Å². The van der Waals surface area contributed by atoms with E-state index in [-0.39, 0.29) is 17.6 Å². The number of rotatable bonds is 4. The molecule has 1 N–H and O–H groups in total. The zero-order chi connectivity index (χ0) is 17.8. The second-order valence-electron chi connectivity index (χ2n) is 6.08. The minimum Gasteiger partial charge on any atom is -0.494 e. The lowest BCUT2D eigenvalue weighted by atomic mass is 9.96. The molecule has 134 valence electrons. The molecule has 0 saturated carbocycles. The maximum absolute atomic E-state index is 14.3. The molecule has 0 bridgehead atoms. The number of nitrogens with one attached hydrogen (secondary N) is 1. The lowest BCUT2D eigenvalue weighted by Crippen LogP contribution is -2.33. The Hall–Kier alpha value is -1.33. The van der Waals surface area contributed by atoms with E-state index in [1.807, 2.05) is 18.2 Å². The van der Waals surface area contributed by atoms with Gasteiger partial charge in [0.2, 0.25) is 0 Å². The van der Waals surface area contributed by atoms with Crippen molar-refractivity contribution in [2.24, 2.45) is 0 Å². The summed E-state index contributed by atoms with van der Waals surface area (Å²) in [6, 6.07) is 10.5. The van der Waals surface area contributed by atoms with E-state index in [1.165, 1.54) is 13.2 Å². The number of benzene rings is 2. The molecule has 0 aliphatic carbocycles. The minimum atomic E-state index is -0.379. The maximum Gasteiger partial charge on any atom is 0.165 e.